The molecule has 15 nitrogen and oxygen atoms in total. The molecule has 0 aliphatic rings. The summed E-state index contributed by atoms with van der Waals surface area (Å²) >= 11 is 11.2. The topological polar surface area (TPSA) is 266 Å². The van der Waals surface area contributed by atoms with Crippen LogP contribution in [0.2, 0.25) is 10.0 Å². The van der Waals surface area contributed by atoms with Crippen molar-refractivity contribution in [3.8, 4) is 5.75 Å². The number of nitrogen functional groups attached to an aromatic ring is 1. The summed E-state index contributed by atoms with van der Waals surface area (Å²) in [4.78, 5) is 95.9. The smallest absolute Gasteiger partial charge is 0.287 e. The molecule has 88 heavy (non-hydrogen) atoms. The number of aliphatic hydroxyl groups excluding tert-OH is 2. The van der Waals surface area contributed by atoms with Gasteiger partial charge in [0.15, 0.2) is 46.3 Å². The van der Waals surface area contributed by atoms with Gasteiger partial charge in [0.1, 0.15) is 22.4 Å². The van der Waals surface area contributed by atoms with Crippen molar-refractivity contribution in [1.29, 1.82) is 0 Å². The van der Waals surface area contributed by atoms with Gasteiger partial charge in [0.25, 0.3) is 5.69 Å². The van der Waals surface area contributed by atoms with Crippen LogP contribution in [0.1, 0.15) is 166 Å². The van der Waals surface area contributed by atoms with E-state index in [0.717, 1.165) is 17.2 Å². The number of nitrogens with two attached hydrogens (primary N) is 1. The van der Waals surface area contributed by atoms with Crippen LogP contribution in [0.4, 0.5) is 20.2 Å². The lowest BCUT2D eigenvalue weighted by Gasteiger charge is -2.01. The molecule has 0 unspecified atom stereocenters. The Morgan fingerprint density at radius 3 is 1.22 bits per heavy atom. The zero-order chi connectivity index (χ0) is 67.0. The summed E-state index contributed by atoms with van der Waals surface area (Å²) in [6, 6.07) is 45.0. The van der Waals surface area contributed by atoms with Crippen molar-refractivity contribution in [3.63, 3.8) is 0 Å². The fourth-order valence-corrected chi connectivity index (χ4v) is 6.94. The summed E-state index contributed by atoms with van der Waals surface area (Å²) in [6.07, 6.45) is 0. The van der Waals surface area contributed by atoms with Crippen molar-refractivity contribution in [2.75, 3.05) is 5.73 Å². The van der Waals surface area contributed by atoms with Crippen LogP contribution in [0.15, 0.2) is 170 Å². The quantitative estimate of drug-likeness (QED) is 0.0406. The summed E-state index contributed by atoms with van der Waals surface area (Å²) in [6.45, 7) is 17.4. The number of carbonyl (C=O) groups is 8. The number of nitro benzene ring substituents is 1. The predicted molar refractivity (Wildman–Crippen MR) is 340 cm³/mol. The maximum atomic E-state index is 13.0. The number of aryl methyl sites for hydroxylation is 3. The Kier molecular flexibility index (Phi) is 34.1. The van der Waals surface area contributed by atoms with Gasteiger partial charge < -0.3 is 21.1 Å². The first kappa shape index (κ1) is 76.5. The molecule has 5 N–H and O–H groups in total. The van der Waals surface area contributed by atoms with Crippen molar-refractivity contribution in [2.24, 2.45) is 0 Å². The molecule has 0 saturated heterocycles. The normalized spacial score (nSPS) is 9.60. The van der Waals surface area contributed by atoms with Crippen molar-refractivity contribution >= 4 is 80.8 Å². The number of hydrogen-bond acceptors (Lipinski definition) is 14. The molecule has 0 saturated carbocycles. The SMILES string of the molecule is CC(=O)c1ccc(C)c(C)c1.CC(=O)c1ccc(C)cc1.CC(=O)c1ccc(CO)c(O)c1.CC(=O)c1ccc(CO)cc1F.CC(=O)c1ccc(Cl)cc1.CC(=O)c1ccc(F)cc1.CC(=O)c1ccc(N)cc1.CC(=O)c1ccc([N+](=O)[O-])c(Cl)c1. The Bertz CT molecular complexity index is 3460. The van der Waals surface area contributed by atoms with Crippen molar-refractivity contribution in [3.05, 3.63) is 274 Å². The second kappa shape index (κ2) is 39.2. The van der Waals surface area contributed by atoms with Crippen molar-refractivity contribution < 1.29 is 67.4 Å². The van der Waals surface area contributed by atoms with Crippen LogP contribution in [0.25, 0.3) is 0 Å². The highest BCUT2D eigenvalue weighted by molar-refractivity contribution is 6.33. The van der Waals surface area contributed by atoms with Crippen molar-refractivity contribution in [2.45, 2.75) is 89.4 Å². The number of hydrogen-bond donors (Lipinski definition) is 4. The minimum absolute atomic E-state index is 0.0160. The number of aliphatic hydroxyl groups is 2. The Morgan fingerprint density at radius 1 is 0.455 bits per heavy atom. The number of rotatable bonds is 11. The molecule has 0 atom stereocenters. The lowest BCUT2D eigenvalue weighted by Crippen LogP contribution is -1.97. The van der Waals surface area contributed by atoms with E-state index in [9.17, 15) is 62.4 Å². The first-order chi connectivity index (χ1) is 41.2. The maximum Gasteiger partial charge on any atom is 0.287 e. The van der Waals surface area contributed by atoms with E-state index >= 15 is 0 Å². The van der Waals surface area contributed by atoms with Gasteiger partial charge in [-0.15, -0.1) is 0 Å². The Hall–Kier alpha value is -9.52. The molecule has 8 aromatic carbocycles. The molecule has 0 fully saturated rings. The number of anilines is 1. The van der Waals surface area contributed by atoms with Crippen LogP contribution in [0.5, 0.6) is 5.75 Å². The Labute approximate surface area is 520 Å². The number of phenols is 1. The zero-order valence-corrected chi connectivity index (χ0v) is 52.1. The summed E-state index contributed by atoms with van der Waals surface area (Å²) in [5.74, 6) is -1.16. The van der Waals surface area contributed by atoms with E-state index in [-0.39, 0.29) is 87.3 Å². The van der Waals surface area contributed by atoms with Gasteiger partial charge in [-0.1, -0.05) is 83.4 Å². The first-order valence-corrected chi connectivity index (χ1v) is 27.3. The maximum absolute atomic E-state index is 13.0. The summed E-state index contributed by atoms with van der Waals surface area (Å²) in [5, 5.41) is 37.6. The second-order valence-corrected chi connectivity index (χ2v) is 20.0. The molecular formula is C69H70Cl2F2N2O13. The van der Waals surface area contributed by atoms with Gasteiger partial charge in [0, 0.05) is 61.3 Å². The monoisotopic (exact) mass is 1240 g/mol. The lowest BCUT2D eigenvalue weighted by atomic mass is 10.0. The zero-order valence-electron chi connectivity index (χ0n) is 50.5. The van der Waals surface area contributed by atoms with Gasteiger partial charge in [-0.05, 0) is 202 Å². The standard InChI is InChI=1S/C10H12O.C9H9FO2.C9H10O3.C9H10O.C8H6ClNO3.C8H7ClO.C8H7FO.C8H9NO/c1-7-4-5-10(9(3)11)6-8(7)2;1-6(12)8-3-2-7(5-11)4-9(8)10;1-6(11)7-2-3-8(5-10)9(12)4-7;1-7-3-5-9(6-4-7)8(2)10;1-5(11)6-2-3-8(10(12)13)7(9)4-6;3*1-6(10)7-2-4-8(9)5-3-7/h4-6H,1-3H3;2-4,11H,5H2,1H3;2-4,10,12H,5H2,1H3;3-6H,1-2H3;2-4H,1H3;2*2-5H,1H3;2-5H,9H2,1H3. The summed E-state index contributed by atoms with van der Waals surface area (Å²) in [5.41, 5.74) is 14.8. The van der Waals surface area contributed by atoms with E-state index in [1.165, 1.54) is 125 Å². The van der Waals surface area contributed by atoms with Crippen LogP contribution in [0, 0.1) is 42.5 Å². The molecule has 8 rings (SSSR count). The molecule has 0 heterocycles. The number of aromatic hydroxyl groups is 1. The molecule has 462 valence electrons. The largest absolute Gasteiger partial charge is 0.508 e. The molecule has 0 amide bonds. The third-order valence-corrected chi connectivity index (χ3v) is 12.6. The Balaban J connectivity index is 0.000000504. The van der Waals surface area contributed by atoms with Crippen LogP contribution < -0.4 is 5.73 Å². The molecular weight excluding hydrogens is 1170 g/mol. The third-order valence-electron chi connectivity index (χ3n) is 12.0. The number of ketones is 8. The van der Waals surface area contributed by atoms with Gasteiger partial charge in [0.2, 0.25) is 0 Å². The highest BCUT2D eigenvalue weighted by Gasteiger charge is 2.13. The van der Waals surface area contributed by atoms with E-state index < -0.39 is 10.7 Å². The molecule has 0 bridgehead atoms. The van der Waals surface area contributed by atoms with Gasteiger partial charge in [-0.3, -0.25) is 48.5 Å². The number of halogens is 4. The van der Waals surface area contributed by atoms with Gasteiger partial charge in [0.05, 0.1) is 23.7 Å². The minimum Gasteiger partial charge on any atom is -0.508 e. The van der Waals surface area contributed by atoms with Crippen LogP contribution in [0.3, 0.4) is 0 Å². The molecule has 19 heteroatoms. The number of benzene rings is 8. The van der Waals surface area contributed by atoms with E-state index in [1.54, 1.807) is 68.4 Å². The summed E-state index contributed by atoms with van der Waals surface area (Å²) < 4.78 is 25.2. The van der Waals surface area contributed by atoms with E-state index in [1.807, 2.05) is 63.2 Å². The molecule has 0 radical (unpaired) electrons. The van der Waals surface area contributed by atoms with E-state index in [4.69, 9.17) is 39.1 Å². The van der Waals surface area contributed by atoms with Crippen LogP contribution >= 0.6 is 23.2 Å². The second-order valence-electron chi connectivity index (χ2n) is 19.1. The van der Waals surface area contributed by atoms with Gasteiger partial charge in [-0.2, -0.15) is 0 Å². The van der Waals surface area contributed by atoms with Crippen LogP contribution in [-0.4, -0.2) is 66.5 Å². The first-order valence-electron chi connectivity index (χ1n) is 26.6. The van der Waals surface area contributed by atoms with Crippen molar-refractivity contribution in [1.82, 2.24) is 0 Å². The van der Waals surface area contributed by atoms with E-state index in [2.05, 4.69) is 0 Å². The number of nitro groups is 1. The number of Topliss-reactive ketones (excluding diaryl/α,β-unsaturated/α-hetero) is 8. The average molecular weight is 1240 g/mol. The van der Waals surface area contributed by atoms with Gasteiger partial charge in [-0.25, -0.2) is 8.78 Å². The molecule has 0 aliphatic carbocycles. The minimum atomic E-state index is -0.591. The molecule has 0 aliphatic heterocycles. The molecule has 0 spiro atoms. The number of nitrogens with zero attached hydrogens (tertiary/aromatic N) is 1. The lowest BCUT2D eigenvalue weighted by molar-refractivity contribution is -0.384. The van der Waals surface area contributed by atoms with Gasteiger partial charge >= 0.3 is 0 Å². The molecule has 8 aromatic rings. The highest BCUT2D eigenvalue weighted by atomic mass is 35.5. The number of carbonyl (C=O) groups excluding carboxylic acids is 8. The Morgan fingerprint density at radius 2 is 0.841 bits per heavy atom. The average Bonchev–Trinajstić information content (AvgIpc) is 3.66. The third kappa shape index (κ3) is 29.0. The fourth-order valence-electron chi connectivity index (χ4n) is 6.57. The predicted octanol–water partition coefficient (Wildman–Crippen LogP) is 15.8. The molecule has 0 aromatic heterocycles. The fraction of sp³-hybridized carbons (Fsp3) is 0.188. The van der Waals surface area contributed by atoms with Crippen LogP contribution in [-0.2, 0) is 13.2 Å². The summed E-state index contributed by atoms with van der Waals surface area (Å²) in [7, 11) is 0. The highest BCUT2D eigenvalue weighted by Crippen LogP contribution is 2.25. The van der Waals surface area contributed by atoms with E-state index in [0.29, 0.717) is 49.7 Å².